The van der Waals surface area contributed by atoms with E-state index in [1.54, 1.807) is 11.3 Å². The van der Waals surface area contributed by atoms with Crippen LogP contribution in [0.5, 0.6) is 0 Å². The number of likely N-dealkylation sites (tertiary alicyclic amines) is 1. The molecule has 122 valence electrons. The fourth-order valence-electron chi connectivity index (χ4n) is 3.47. The number of aryl methyl sites for hydroxylation is 1. The summed E-state index contributed by atoms with van der Waals surface area (Å²) >= 11 is 1.75. The van der Waals surface area contributed by atoms with Gasteiger partial charge in [-0.2, -0.15) is 0 Å². The third kappa shape index (κ3) is 3.39. The van der Waals surface area contributed by atoms with Crippen molar-refractivity contribution >= 4 is 17.2 Å². The zero-order chi connectivity index (χ0) is 15.6. The van der Waals surface area contributed by atoms with Gasteiger partial charge in [0.25, 0.3) is 0 Å². The SMILES string of the molecule is Cc1nc(CN2CC(N3CCN(c4ccccn4)CC3)C2)cs1. The average molecular weight is 329 g/mol. The Kier molecular flexibility index (Phi) is 4.29. The molecule has 0 atom stereocenters. The summed E-state index contributed by atoms with van der Waals surface area (Å²) in [6.07, 6.45) is 1.88. The number of hydrogen-bond acceptors (Lipinski definition) is 6. The Morgan fingerprint density at radius 2 is 2.00 bits per heavy atom. The lowest BCUT2D eigenvalue weighted by Gasteiger charge is -2.48. The molecule has 2 aromatic heterocycles. The van der Waals surface area contributed by atoms with E-state index in [0.29, 0.717) is 0 Å². The fourth-order valence-corrected chi connectivity index (χ4v) is 4.07. The molecule has 0 amide bonds. The Balaban J connectivity index is 1.23. The molecule has 4 heterocycles. The van der Waals surface area contributed by atoms with Gasteiger partial charge in [0.2, 0.25) is 0 Å². The van der Waals surface area contributed by atoms with Crippen molar-refractivity contribution in [3.05, 3.63) is 40.5 Å². The Labute approximate surface area is 141 Å². The minimum Gasteiger partial charge on any atom is -0.354 e. The lowest BCUT2D eigenvalue weighted by atomic mass is 10.1. The zero-order valence-corrected chi connectivity index (χ0v) is 14.4. The molecule has 2 fully saturated rings. The van der Waals surface area contributed by atoms with Gasteiger partial charge >= 0.3 is 0 Å². The van der Waals surface area contributed by atoms with Crippen LogP contribution in [0, 0.1) is 6.92 Å². The zero-order valence-electron chi connectivity index (χ0n) is 13.6. The summed E-state index contributed by atoms with van der Waals surface area (Å²) in [6.45, 7) is 9.90. The van der Waals surface area contributed by atoms with Crippen LogP contribution in [0.15, 0.2) is 29.8 Å². The van der Waals surface area contributed by atoms with E-state index in [9.17, 15) is 0 Å². The maximum atomic E-state index is 4.56. The molecule has 0 bridgehead atoms. The van der Waals surface area contributed by atoms with Crippen LogP contribution in [0.4, 0.5) is 5.82 Å². The van der Waals surface area contributed by atoms with Crippen molar-refractivity contribution in [1.82, 2.24) is 19.8 Å². The maximum absolute atomic E-state index is 4.56. The Morgan fingerprint density at radius 1 is 1.17 bits per heavy atom. The van der Waals surface area contributed by atoms with Crippen LogP contribution in [0.2, 0.25) is 0 Å². The van der Waals surface area contributed by atoms with Crippen molar-refractivity contribution in [2.75, 3.05) is 44.2 Å². The first-order chi connectivity index (χ1) is 11.3. The summed E-state index contributed by atoms with van der Waals surface area (Å²) in [5.41, 5.74) is 1.23. The van der Waals surface area contributed by atoms with Gasteiger partial charge < -0.3 is 4.90 Å². The number of pyridine rings is 1. The quantitative estimate of drug-likeness (QED) is 0.855. The van der Waals surface area contributed by atoms with Crippen molar-refractivity contribution in [2.24, 2.45) is 0 Å². The molecule has 0 radical (unpaired) electrons. The van der Waals surface area contributed by atoms with Gasteiger partial charge in [-0.05, 0) is 19.1 Å². The highest BCUT2D eigenvalue weighted by Crippen LogP contribution is 2.21. The van der Waals surface area contributed by atoms with Crippen LogP contribution in [0.3, 0.4) is 0 Å². The molecule has 23 heavy (non-hydrogen) atoms. The van der Waals surface area contributed by atoms with Crippen LogP contribution in [-0.2, 0) is 6.54 Å². The molecule has 2 aliphatic rings. The molecule has 4 rings (SSSR count). The van der Waals surface area contributed by atoms with Gasteiger partial charge in [-0.15, -0.1) is 11.3 Å². The first-order valence-corrected chi connectivity index (χ1v) is 9.19. The van der Waals surface area contributed by atoms with Crippen LogP contribution in [0.25, 0.3) is 0 Å². The van der Waals surface area contributed by atoms with Gasteiger partial charge in [0.05, 0.1) is 10.7 Å². The van der Waals surface area contributed by atoms with E-state index in [0.717, 1.165) is 44.6 Å². The average Bonchev–Trinajstić information content (AvgIpc) is 2.97. The molecule has 0 unspecified atom stereocenters. The molecule has 0 N–H and O–H groups in total. The second-order valence-electron chi connectivity index (χ2n) is 6.42. The van der Waals surface area contributed by atoms with Crippen LogP contribution in [-0.4, -0.2) is 65.1 Å². The van der Waals surface area contributed by atoms with Gasteiger partial charge in [0.1, 0.15) is 5.82 Å². The summed E-state index contributed by atoms with van der Waals surface area (Å²) in [6, 6.07) is 6.88. The van der Waals surface area contributed by atoms with Crippen LogP contribution >= 0.6 is 11.3 Å². The van der Waals surface area contributed by atoms with E-state index in [4.69, 9.17) is 0 Å². The maximum Gasteiger partial charge on any atom is 0.128 e. The number of rotatable bonds is 4. The summed E-state index contributed by atoms with van der Waals surface area (Å²) in [5, 5.41) is 3.36. The van der Waals surface area contributed by atoms with E-state index in [1.807, 2.05) is 12.3 Å². The van der Waals surface area contributed by atoms with E-state index >= 15 is 0 Å². The summed E-state index contributed by atoms with van der Waals surface area (Å²) in [5.74, 6) is 1.11. The molecule has 0 aromatic carbocycles. The van der Waals surface area contributed by atoms with Gasteiger partial charge in [-0.1, -0.05) is 6.07 Å². The van der Waals surface area contributed by atoms with Crippen molar-refractivity contribution in [3.63, 3.8) is 0 Å². The standard InChI is InChI=1S/C17H23N5S/c1-14-19-15(13-23-14)10-20-11-16(12-20)21-6-8-22(9-7-21)17-4-2-3-5-18-17/h2-5,13,16H,6-12H2,1H3. The second kappa shape index (κ2) is 6.55. The highest BCUT2D eigenvalue weighted by atomic mass is 32.1. The molecular weight excluding hydrogens is 306 g/mol. The van der Waals surface area contributed by atoms with Crippen LogP contribution < -0.4 is 4.90 Å². The molecule has 0 saturated carbocycles. The van der Waals surface area contributed by atoms with Gasteiger partial charge in [0.15, 0.2) is 0 Å². The van der Waals surface area contributed by atoms with Crippen molar-refractivity contribution in [1.29, 1.82) is 0 Å². The smallest absolute Gasteiger partial charge is 0.128 e. The monoisotopic (exact) mass is 329 g/mol. The third-order valence-corrected chi connectivity index (χ3v) is 5.62. The summed E-state index contributed by atoms with van der Waals surface area (Å²) in [4.78, 5) is 16.6. The van der Waals surface area contributed by atoms with Crippen molar-refractivity contribution in [3.8, 4) is 0 Å². The van der Waals surface area contributed by atoms with E-state index in [2.05, 4.69) is 49.1 Å². The third-order valence-electron chi connectivity index (χ3n) is 4.79. The molecule has 5 nitrogen and oxygen atoms in total. The van der Waals surface area contributed by atoms with E-state index < -0.39 is 0 Å². The molecular formula is C17H23N5S. The largest absolute Gasteiger partial charge is 0.354 e. The summed E-state index contributed by atoms with van der Waals surface area (Å²) in [7, 11) is 0. The predicted octanol–water partition coefficient (Wildman–Crippen LogP) is 1.85. The minimum absolute atomic E-state index is 0.723. The first kappa shape index (κ1) is 15.1. The lowest BCUT2D eigenvalue weighted by molar-refractivity contribution is 0.0249. The molecule has 2 aromatic rings. The number of anilines is 1. The lowest BCUT2D eigenvalue weighted by Crippen LogP contribution is -2.62. The Hall–Kier alpha value is -1.50. The first-order valence-electron chi connectivity index (χ1n) is 8.31. The van der Waals surface area contributed by atoms with Crippen molar-refractivity contribution < 1.29 is 0 Å². The van der Waals surface area contributed by atoms with Gasteiger partial charge in [-0.3, -0.25) is 9.80 Å². The minimum atomic E-state index is 0.723. The van der Waals surface area contributed by atoms with Gasteiger partial charge in [0, 0.05) is 63.4 Å². The van der Waals surface area contributed by atoms with E-state index in [1.165, 1.54) is 23.8 Å². The number of thiazole rings is 1. The topological polar surface area (TPSA) is 35.5 Å². The number of nitrogens with zero attached hydrogens (tertiary/aromatic N) is 5. The Morgan fingerprint density at radius 3 is 2.65 bits per heavy atom. The molecule has 2 saturated heterocycles. The highest BCUT2D eigenvalue weighted by Gasteiger charge is 2.33. The van der Waals surface area contributed by atoms with Gasteiger partial charge in [-0.25, -0.2) is 9.97 Å². The molecule has 0 spiro atoms. The molecule has 2 aliphatic heterocycles. The molecule has 6 heteroatoms. The second-order valence-corrected chi connectivity index (χ2v) is 7.48. The van der Waals surface area contributed by atoms with Crippen molar-refractivity contribution in [2.45, 2.75) is 19.5 Å². The Bertz CT molecular complexity index is 629. The predicted molar refractivity (Wildman–Crippen MR) is 93.9 cm³/mol. The molecule has 0 aliphatic carbocycles. The highest BCUT2D eigenvalue weighted by molar-refractivity contribution is 7.09. The summed E-state index contributed by atoms with van der Waals surface area (Å²) < 4.78 is 0. The van der Waals surface area contributed by atoms with E-state index in [-0.39, 0.29) is 0 Å². The number of hydrogen-bond donors (Lipinski definition) is 0. The number of piperazine rings is 1. The van der Waals surface area contributed by atoms with Crippen LogP contribution in [0.1, 0.15) is 10.7 Å². The number of aromatic nitrogens is 2. The normalized spacial score (nSPS) is 20.7. The fraction of sp³-hybridized carbons (Fsp3) is 0.529.